The summed E-state index contributed by atoms with van der Waals surface area (Å²) in [6.45, 7) is 1.79. The Morgan fingerprint density at radius 1 is 1.35 bits per heavy atom. The molecule has 2 aromatic rings. The molecule has 2 aromatic heterocycles. The third-order valence-corrected chi connectivity index (χ3v) is 2.64. The van der Waals surface area contributed by atoms with Gasteiger partial charge in [-0.05, 0) is 13.0 Å². The molecule has 0 unspecified atom stereocenters. The number of amides is 1. The van der Waals surface area contributed by atoms with Crippen LogP contribution in [0.1, 0.15) is 16.3 Å². The minimum atomic E-state index is -0.451. The van der Waals surface area contributed by atoms with E-state index in [9.17, 15) is 4.79 Å². The quantitative estimate of drug-likeness (QED) is 0.888. The smallest absolute Gasteiger partial charge is 0.314 e. The van der Waals surface area contributed by atoms with E-state index in [4.69, 9.17) is 9.47 Å². The largest absolute Gasteiger partial charge is 0.493 e. The fourth-order valence-corrected chi connectivity index (χ4v) is 1.73. The molecule has 8 heteroatoms. The van der Waals surface area contributed by atoms with Crippen LogP contribution in [0, 0.1) is 6.92 Å². The first kappa shape index (κ1) is 13.8. The highest BCUT2D eigenvalue weighted by Crippen LogP contribution is 2.26. The van der Waals surface area contributed by atoms with Gasteiger partial charge in [-0.3, -0.25) is 9.78 Å². The van der Waals surface area contributed by atoms with Crippen molar-refractivity contribution in [3.63, 3.8) is 0 Å². The molecule has 8 nitrogen and oxygen atoms in total. The molecule has 0 fully saturated rings. The summed E-state index contributed by atoms with van der Waals surface area (Å²) in [6, 6.07) is 1.90. The molecular weight excluding hydrogens is 262 g/mol. The van der Waals surface area contributed by atoms with Crippen LogP contribution in [0.4, 0.5) is 5.69 Å². The Morgan fingerprint density at radius 2 is 2.10 bits per heavy atom. The van der Waals surface area contributed by atoms with Crippen molar-refractivity contribution in [2.24, 2.45) is 7.05 Å². The number of aryl methyl sites for hydroxylation is 2. The van der Waals surface area contributed by atoms with Gasteiger partial charge in [-0.15, -0.1) is 5.10 Å². The fraction of sp³-hybridized carbons (Fsp3) is 0.333. The Kier molecular flexibility index (Phi) is 3.83. The van der Waals surface area contributed by atoms with Crippen LogP contribution in [-0.2, 0) is 7.05 Å². The van der Waals surface area contributed by atoms with Crippen LogP contribution in [0.15, 0.2) is 12.3 Å². The molecule has 0 saturated carbocycles. The maximum absolute atomic E-state index is 12.1. The highest BCUT2D eigenvalue weighted by atomic mass is 16.5. The Labute approximate surface area is 115 Å². The fourth-order valence-electron chi connectivity index (χ4n) is 1.73. The van der Waals surface area contributed by atoms with E-state index in [0.29, 0.717) is 17.1 Å². The zero-order valence-corrected chi connectivity index (χ0v) is 11.7. The number of pyridine rings is 1. The van der Waals surface area contributed by atoms with Crippen molar-refractivity contribution in [1.82, 2.24) is 19.7 Å². The number of methoxy groups -OCH3 is 2. The predicted octanol–water partition coefficient (Wildman–Crippen LogP) is 0.788. The molecular formula is C12H15N5O3. The van der Waals surface area contributed by atoms with Crippen LogP contribution in [0.3, 0.4) is 0 Å². The molecule has 1 N–H and O–H groups in total. The second kappa shape index (κ2) is 5.55. The highest BCUT2D eigenvalue weighted by molar-refractivity contribution is 6.02. The lowest BCUT2D eigenvalue weighted by atomic mass is 10.3. The molecule has 106 valence electrons. The van der Waals surface area contributed by atoms with Gasteiger partial charge in [0.15, 0.2) is 5.75 Å². The van der Waals surface area contributed by atoms with Crippen molar-refractivity contribution in [1.29, 1.82) is 0 Å². The van der Waals surface area contributed by atoms with Gasteiger partial charge in [-0.25, -0.2) is 4.68 Å². The molecule has 20 heavy (non-hydrogen) atoms. The number of ether oxygens (including phenoxy) is 2. The number of nitrogens with zero attached hydrogens (tertiary/aromatic N) is 4. The van der Waals surface area contributed by atoms with Crippen molar-refractivity contribution in [3.8, 4) is 11.8 Å². The topological polar surface area (TPSA) is 91.2 Å². The second-order valence-electron chi connectivity index (χ2n) is 3.98. The maximum atomic E-state index is 12.1. The van der Waals surface area contributed by atoms with E-state index >= 15 is 0 Å². The molecule has 0 atom stereocenters. The summed E-state index contributed by atoms with van der Waals surface area (Å²) in [5.74, 6) is 0.0671. The van der Waals surface area contributed by atoms with Gasteiger partial charge in [0.1, 0.15) is 0 Å². The summed E-state index contributed by atoms with van der Waals surface area (Å²) in [5.41, 5.74) is 1.19. The summed E-state index contributed by atoms with van der Waals surface area (Å²) in [5, 5.41) is 6.65. The summed E-state index contributed by atoms with van der Waals surface area (Å²) >= 11 is 0. The minimum Gasteiger partial charge on any atom is -0.493 e. The first-order chi connectivity index (χ1) is 9.56. The van der Waals surface area contributed by atoms with Gasteiger partial charge >= 0.3 is 6.01 Å². The van der Waals surface area contributed by atoms with Crippen molar-refractivity contribution in [3.05, 3.63) is 23.8 Å². The average Bonchev–Trinajstić information content (AvgIpc) is 2.80. The number of nitrogens with one attached hydrogen (secondary N) is 1. The van der Waals surface area contributed by atoms with Crippen LogP contribution in [-0.4, -0.2) is 39.9 Å². The summed E-state index contributed by atoms with van der Waals surface area (Å²) in [4.78, 5) is 20.1. The van der Waals surface area contributed by atoms with Gasteiger partial charge in [0, 0.05) is 13.2 Å². The van der Waals surface area contributed by atoms with Gasteiger partial charge in [0.2, 0.25) is 5.82 Å². The molecule has 0 radical (unpaired) electrons. The Morgan fingerprint density at radius 3 is 2.70 bits per heavy atom. The average molecular weight is 277 g/mol. The van der Waals surface area contributed by atoms with Crippen molar-refractivity contribution < 1.29 is 14.3 Å². The van der Waals surface area contributed by atoms with Gasteiger partial charge in [-0.1, -0.05) is 0 Å². The van der Waals surface area contributed by atoms with Gasteiger partial charge in [-0.2, -0.15) is 4.98 Å². The lowest BCUT2D eigenvalue weighted by Crippen LogP contribution is -2.15. The number of anilines is 1. The molecule has 0 bridgehead atoms. The third kappa shape index (κ3) is 2.53. The zero-order chi connectivity index (χ0) is 14.7. The SMILES string of the molecule is COc1c(NC(=O)c2nc(OC)n(C)n2)ccnc1C. The van der Waals surface area contributed by atoms with E-state index in [1.54, 1.807) is 26.2 Å². The summed E-state index contributed by atoms with van der Waals surface area (Å²) in [7, 11) is 4.61. The Balaban J connectivity index is 2.25. The van der Waals surface area contributed by atoms with Gasteiger partial charge < -0.3 is 14.8 Å². The highest BCUT2D eigenvalue weighted by Gasteiger charge is 2.17. The molecule has 2 rings (SSSR count). The molecule has 0 aliphatic heterocycles. The van der Waals surface area contributed by atoms with Crippen molar-refractivity contribution in [2.45, 2.75) is 6.92 Å². The van der Waals surface area contributed by atoms with Crippen LogP contribution >= 0.6 is 0 Å². The molecule has 1 amide bonds. The van der Waals surface area contributed by atoms with E-state index in [1.807, 2.05) is 0 Å². The lowest BCUT2D eigenvalue weighted by molar-refractivity contribution is 0.101. The number of hydrogen-bond acceptors (Lipinski definition) is 6. The van der Waals surface area contributed by atoms with Gasteiger partial charge in [0.25, 0.3) is 5.91 Å². The Hall–Kier alpha value is -2.64. The summed E-state index contributed by atoms with van der Waals surface area (Å²) in [6.07, 6.45) is 1.58. The lowest BCUT2D eigenvalue weighted by Gasteiger charge is -2.10. The van der Waals surface area contributed by atoms with E-state index in [-0.39, 0.29) is 11.8 Å². The van der Waals surface area contributed by atoms with E-state index in [0.717, 1.165) is 0 Å². The van der Waals surface area contributed by atoms with Crippen LogP contribution in [0.25, 0.3) is 0 Å². The first-order valence-corrected chi connectivity index (χ1v) is 5.82. The molecule has 2 heterocycles. The number of carbonyl (C=O) groups is 1. The van der Waals surface area contributed by atoms with Crippen molar-refractivity contribution >= 4 is 11.6 Å². The third-order valence-electron chi connectivity index (χ3n) is 2.64. The van der Waals surface area contributed by atoms with Crippen LogP contribution in [0.2, 0.25) is 0 Å². The van der Waals surface area contributed by atoms with Crippen LogP contribution in [0.5, 0.6) is 11.8 Å². The minimum absolute atomic E-state index is 0.0147. The van der Waals surface area contributed by atoms with E-state index < -0.39 is 5.91 Å². The second-order valence-corrected chi connectivity index (χ2v) is 3.98. The van der Waals surface area contributed by atoms with Gasteiger partial charge in [0.05, 0.1) is 25.6 Å². The maximum Gasteiger partial charge on any atom is 0.314 e. The first-order valence-electron chi connectivity index (χ1n) is 5.82. The number of carbonyl (C=O) groups excluding carboxylic acids is 1. The van der Waals surface area contributed by atoms with E-state index in [2.05, 4.69) is 20.4 Å². The normalized spacial score (nSPS) is 10.2. The standard InChI is InChI=1S/C12H15N5O3/c1-7-9(19-3)8(5-6-13-7)14-11(18)10-15-12(20-4)17(2)16-10/h5-6H,1-4H3,(H,13,14,18). The molecule has 0 aliphatic carbocycles. The molecule has 0 aliphatic rings. The predicted molar refractivity (Wildman–Crippen MR) is 71.0 cm³/mol. The number of hydrogen-bond donors (Lipinski definition) is 1. The molecule has 0 saturated heterocycles. The molecule has 0 aromatic carbocycles. The zero-order valence-electron chi connectivity index (χ0n) is 11.7. The molecule has 0 spiro atoms. The number of aromatic nitrogens is 4. The van der Waals surface area contributed by atoms with Crippen molar-refractivity contribution in [2.75, 3.05) is 19.5 Å². The number of rotatable bonds is 4. The summed E-state index contributed by atoms with van der Waals surface area (Å²) < 4.78 is 11.6. The van der Waals surface area contributed by atoms with Crippen LogP contribution < -0.4 is 14.8 Å². The Bertz CT molecular complexity index is 638. The van der Waals surface area contributed by atoms with E-state index in [1.165, 1.54) is 18.9 Å². The monoisotopic (exact) mass is 277 g/mol.